The monoisotopic (exact) mass is 194 g/mol. The quantitative estimate of drug-likeness (QED) is 0.603. The molecular formula is C9H14N4O. The van der Waals surface area contributed by atoms with Crippen LogP contribution in [0.25, 0.3) is 0 Å². The first kappa shape index (κ1) is 9.21. The minimum atomic E-state index is -0.0378. The van der Waals surface area contributed by atoms with Crippen molar-refractivity contribution >= 4 is 5.82 Å². The topological polar surface area (TPSA) is 83.8 Å². The number of nitrogens with two attached hydrogens (primary N) is 1. The van der Waals surface area contributed by atoms with E-state index in [0.29, 0.717) is 12.5 Å². The molecule has 1 aliphatic heterocycles. The van der Waals surface area contributed by atoms with E-state index in [1.54, 1.807) is 0 Å². The zero-order valence-electron chi connectivity index (χ0n) is 7.92. The van der Waals surface area contributed by atoms with Crippen molar-refractivity contribution in [1.29, 1.82) is 0 Å². The first-order valence-corrected chi connectivity index (χ1v) is 4.81. The van der Waals surface area contributed by atoms with Crippen molar-refractivity contribution < 1.29 is 0 Å². The molecule has 0 aromatic carbocycles. The molecule has 0 saturated carbocycles. The van der Waals surface area contributed by atoms with Gasteiger partial charge < -0.3 is 16.0 Å². The predicted octanol–water partition coefficient (Wildman–Crippen LogP) is -0.297. The Morgan fingerprint density at radius 1 is 1.64 bits per heavy atom. The lowest BCUT2D eigenvalue weighted by atomic mass is 9.94. The van der Waals surface area contributed by atoms with Crippen LogP contribution in [0.5, 0.6) is 0 Å². The number of rotatable bonds is 2. The molecule has 14 heavy (non-hydrogen) atoms. The molecule has 0 spiro atoms. The van der Waals surface area contributed by atoms with Crippen LogP contribution in [-0.4, -0.2) is 23.1 Å². The highest BCUT2D eigenvalue weighted by atomic mass is 16.1. The molecule has 1 aliphatic rings. The lowest BCUT2D eigenvalue weighted by Crippen LogP contribution is -2.30. The Kier molecular flexibility index (Phi) is 2.49. The Morgan fingerprint density at radius 2 is 2.50 bits per heavy atom. The minimum absolute atomic E-state index is 0.0378. The van der Waals surface area contributed by atoms with E-state index in [0.717, 1.165) is 30.8 Å². The molecular weight excluding hydrogens is 180 g/mol. The maximum Gasteiger partial charge on any atom is 0.256 e. The molecule has 76 valence electrons. The van der Waals surface area contributed by atoms with Crippen molar-refractivity contribution in [2.45, 2.75) is 12.8 Å². The van der Waals surface area contributed by atoms with Gasteiger partial charge in [0.1, 0.15) is 5.82 Å². The Hall–Kier alpha value is -1.36. The molecule has 5 nitrogen and oxygen atoms in total. The molecule has 4 N–H and O–H groups in total. The van der Waals surface area contributed by atoms with E-state index < -0.39 is 0 Å². The number of fused-ring (bicyclic) bond motifs is 1. The molecule has 0 aliphatic carbocycles. The van der Waals surface area contributed by atoms with Crippen LogP contribution in [0, 0.1) is 5.92 Å². The van der Waals surface area contributed by atoms with Gasteiger partial charge >= 0.3 is 0 Å². The van der Waals surface area contributed by atoms with Crippen LogP contribution in [-0.2, 0) is 6.42 Å². The molecule has 1 unspecified atom stereocenters. The molecule has 0 bridgehead atoms. The summed E-state index contributed by atoms with van der Waals surface area (Å²) in [6.45, 7) is 1.53. The summed E-state index contributed by atoms with van der Waals surface area (Å²) in [7, 11) is 0. The van der Waals surface area contributed by atoms with E-state index in [2.05, 4.69) is 15.3 Å². The normalized spacial score (nSPS) is 19.9. The molecule has 2 rings (SSSR count). The van der Waals surface area contributed by atoms with Crippen molar-refractivity contribution in [1.82, 2.24) is 9.97 Å². The second-order valence-corrected chi connectivity index (χ2v) is 3.59. The maximum atomic E-state index is 11.4. The van der Waals surface area contributed by atoms with Crippen LogP contribution in [0.3, 0.4) is 0 Å². The highest BCUT2D eigenvalue weighted by molar-refractivity contribution is 5.44. The maximum absolute atomic E-state index is 11.4. The van der Waals surface area contributed by atoms with Crippen molar-refractivity contribution in [2.75, 3.05) is 18.4 Å². The summed E-state index contributed by atoms with van der Waals surface area (Å²) in [5, 5.41) is 3.15. The van der Waals surface area contributed by atoms with Gasteiger partial charge in [-0.3, -0.25) is 4.79 Å². The molecule has 5 heteroatoms. The fourth-order valence-corrected chi connectivity index (χ4v) is 1.81. The third-order valence-electron chi connectivity index (χ3n) is 2.58. The molecule has 1 aromatic heterocycles. The number of anilines is 1. The first-order chi connectivity index (χ1) is 6.81. The number of aromatic nitrogens is 2. The third-order valence-corrected chi connectivity index (χ3v) is 2.58. The van der Waals surface area contributed by atoms with E-state index in [9.17, 15) is 4.79 Å². The first-order valence-electron chi connectivity index (χ1n) is 4.81. The fraction of sp³-hybridized carbons (Fsp3) is 0.556. The summed E-state index contributed by atoms with van der Waals surface area (Å²) >= 11 is 0. The SMILES string of the molecule is NCCC1CNc2nc[nH]c(=O)c2C1. The summed E-state index contributed by atoms with van der Waals surface area (Å²) in [5.74, 6) is 1.18. The van der Waals surface area contributed by atoms with Gasteiger partial charge in [0.2, 0.25) is 0 Å². The van der Waals surface area contributed by atoms with Crippen LogP contribution in [0.2, 0.25) is 0 Å². The smallest absolute Gasteiger partial charge is 0.256 e. The standard InChI is InChI=1S/C9H14N4O/c10-2-1-6-3-7-8(11-4-6)12-5-13-9(7)14/h5-6H,1-4,10H2,(H2,11,12,13,14). The Morgan fingerprint density at radius 3 is 3.29 bits per heavy atom. The van der Waals surface area contributed by atoms with Crippen molar-refractivity contribution in [3.05, 3.63) is 22.2 Å². The van der Waals surface area contributed by atoms with Crippen molar-refractivity contribution in [3.8, 4) is 0 Å². The summed E-state index contributed by atoms with van der Waals surface area (Å²) in [5.41, 5.74) is 6.21. The number of nitrogens with zero attached hydrogens (tertiary/aromatic N) is 1. The molecule has 2 heterocycles. The summed E-state index contributed by atoms with van der Waals surface area (Å²) in [6, 6.07) is 0. The highest BCUT2D eigenvalue weighted by Gasteiger charge is 2.20. The van der Waals surface area contributed by atoms with Crippen molar-refractivity contribution in [3.63, 3.8) is 0 Å². The molecule has 0 amide bonds. The summed E-state index contributed by atoms with van der Waals surface area (Å²) in [4.78, 5) is 18.1. The third kappa shape index (κ3) is 1.63. The van der Waals surface area contributed by atoms with E-state index in [4.69, 9.17) is 5.73 Å². The minimum Gasteiger partial charge on any atom is -0.369 e. The van der Waals surface area contributed by atoms with E-state index >= 15 is 0 Å². The van der Waals surface area contributed by atoms with Crippen LogP contribution in [0.1, 0.15) is 12.0 Å². The molecule has 0 fully saturated rings. The highest BCUT2D eigenvalue weighted by Crippen LogP contribution is 2.20. The van der Waals surface area contributed by atoms with Gasteiger partial charge in [-0.25, -0.2) is 4.98 Å². The molecule has 0 saturated heterocycles. The zero-order valence-corrected chi connectivity index (χ0v) is 7.92. The second kappa shape index (κ2) is 3.79. The Balaban J connectivity index is 2.24. The predicted molar refractivity (Wildman–Crippen MR) is 54.2 cm³/mol. The Labute approximate surface area is 81.7 Å². The number of hydrogen-bond donors (Lipinski definition) is 3. The fourth-order valence-electron chi connectivity index (χ4n) is 1.81. The number of hydrogen-bond acceptors (Lipinski definition) is 4. The van der Waals surface area contributed by atoms with Gasteiger partial charge in [-0.05, 0) is 25.3 Å². The van der Waals surface area contributed by atoms with Gasteiger partial charge in [-0.15, -0.1) is 0 Å². The lowest BCUT2D eigenvalue weighted by molar-refractivity contribution is 0.497. The van der Waals surface area contributed by atoms with Gasteiger partial charge in [0.25, 0.3) is 5.56 Å². The summed E-state index contributed by atoms with van der Waals surface area (Å²) < 4.78 is 0. The van der Waals surface area contributed by atoms with Crippen LogP contribution < -0.4 is 16.6 Å². The van der Waals surface area contributed by atoms with E-state index in [1.165, 1.54) is 6.33 Å². The van der Waals surface area contributed by atoms with Crippen LogP contribution in [0.15, 0.2) is 11.1 Å². The molecule has 0 radical (unpaired) electrons. The average molecular weight is 194 g/mol. The molecule has 1 aromatic rings. The van der Waals surface area contributed by atoms with Crippen LogP contribution >= 0.6 is 0 Å². The van der Waals surface area contributed by atoms with Gasteiger partial charge in [0, 0.05) is 6.54 Å². The van der Waals surface area contributed by atoms with Crippen molar-refractivity contribution in [2.24, 2.45) is 11.7 Å². The summed E-state index contributed by atoms with van der Waals surface area (Å²) in [6.07, 6.45) is 3.15. The number of H-pyrrole nitrogens is 1. The zero-order chi connectivity index (χ0) is 9.97. The number of aromatic amines is 1. The van der Waals surface area contributed by atoms with Gasteiger partial charge in [0.05, 0.1) is 11.9 Å². The second-order valence-electron chi connectivity index (χ2n) is 3.59. The van der Waals surface area contributed by atoms with E-state index in [-0.39, 0.29) is 5.56 Å². The number of nitrogens with one attached hydrogen (secondary N) is 2. The largest absolute Gasteiger partial charge is 0.369 e. The van der Waals surface area contributed by atoms with Gasteiger partial charge in [0.15, 0.2) is 0 Å². The van der Waals surface area contributed by atoms with Gasteiger partial charge in [-0.1, -0.05) is 0 Å². The molecule has 1 atom stereocenters. The van der Waals surface area contributed by atoms with Gasteiger partial charge in [-0.2, -0.15) is 0 Å². The Bertz CT molecular complexity index is 373. The average Bonchev–Trinajstić information content (AvgIpc) is 2.20. The van der Waals surface area contributed by atoms with Crippen LogP contribution in [0.4, 0.5) is 5.82 Å². The van der Waals surface area contributed by atoms with E-state index in [1.807, 2.05) is 0 Å². The lowest BCUT2D eigenvalue weighted by Gasteiger charge is -2.23.